The van der Waals surface area contributed by atoms with Gasteiger partial charge in [-0.25, -0.2) is 9.18 Å². The molecule has 0 aliphatic carbocycles. The minimum Gasteiger partial charge on any atom is -0.453 e. The fraction of sp³-hybridized carbons (Fsp3) is 0.231. The summed E-state index contributed by atoms with van der Waals surface area (Å²) in [4.78, 5) is 22.4. The van der Waals surface area contributed by atoms with Gasteiger partial charge in [-0.2, -0.15) is 0 Å². The molecule has 0 heterocycles. The largest absolute Gasteiger partial charge is 0.453 e. The van der Waals surface area contributed by atoms with Gasteiger partial charge in [-0.15, -0.1) is 6.58 Å². The molecular formula is C13H15FN2O3. The molecule has 2 N–H and O–H groups in total. The van der Waals surface area contributed by atoms with Crippen LogP contribution in [0.1, 0.15) is 12.8 Å². The maximum Gasteiger partial charge on any atom is 0.411 e. The number of nitrogens with one attached hydrogen (secondary N) is 2. The second-order valence-corrected chi connectivity index (χ2v) is 3.69. The summed E-state index contributed by atoms with van der Waals surface area (Å²) in [5, 5.41) is 4.75. The van der Waals surface area contributed by atoms with E-state index in [0.717, 1.165) is 6.07 Å². The fourth-order valence-corrected chi connectivity index (χ4v) is 1.31. The van der Waals surface area contributed by atoms with Crippen molar-refractivity contribution in [3.05, 3.63) is 36.7 Å². The molecule has 0 saturated heterocycles. The lowest BCUT2D eigenvalue weighted by Gasteiger charge is -2.08. The van der Waals surface area contributed by atoms with E-state index >= 15 is 0 Å². The first-order valence-electron chi connectivity index (χ1n) is 5.62. The molecule has 0 bridgehead atoms. The number of halogens is 1. The van der Waals surface area contributed by atoms with Crippen LogP contribution in [0.2, 0.25) is 0 Å². The predicted molar refractivity (Wildman–Crippen MR) is 70.5 cm³/mol. The number of carbonyl (C=O) groups is 2. The van der Waals surface area contributed by atoms with E-state index in [-0.39, 0.29) is 18.0 Å². The Kier molecular flexibility index (Phi) is 5.53. The first kappa shape index (κ1) is 14.7. The van der Waals surface area contributed by atoms with Crippen LogP contribution in [0.5, 0.6) is 0 Å². The zero-order valence-corrected chi connectivity index (χ0v) is 10.5. The fourth-order valence-electron chi connectivity index (χ4n) is 1.31. The van der Waals surface area contributed by atoms with Crippen molar-refractivity contribution < 1.29 is 18.7 Å². The average molecular weight is 266 g/mol. The highest BCUT2D eigenvalue weighted by atomic mass is 19.1. The standard InChI is InChI=1S/C13H15FN2O3/c1-3-4-5-12(17)15-9-6-7-11(10(14)8-9)16-13(18)19-2/h3,6-8H,1,4-5H2,2H3,(H,15,17)(H,16,18). The van der Waals surface area contributed by atoms with Crippen molar-refractivity contribution >= 4 is 23.4 Å². The van der Waals surface area contributed by atoms with Crippen molar-refractivity contribution in [3.8, 4) is 0 Å². The van der Waals surface area contributed by atoms with Gasteiger partial charge in [-0.3, -0.25) is 10.1 Å². The molecule has 19 heavy (non-hydrogen) atoms. The maximum absolute atomic E-state index is 13.6. The van der Waals surface area contributed by atoms with Crippen molar-refractivity contribution in [2.24, 2.45) is 0 Å². The Balaban J connectivity index is 2.68. The maximum atomic E-state index is 13.6. The molecule has 0 aliphatic rings. The molecule has 0 aliphatic heterocycles. The summed E-state index contributed by atoms with van der Waals surface area (Å²) in [7, 11) is 1.18. The summed E-state index contributed by atoms with van der Waals surface area (Å²) in [5.74, 6) is -0.889. The van der Waals surface area contributed by atoms with Crippen LogP contribution < -0.4 is 10.6 Å². The summed E-state index contributed by atoms with van der Waals surface area (Å²) in [6.45, 7) is 3.51. The van der Waals surface area contributed by atoms with Gasteiger partial charge in [0.2, 0.25) is 5.91 Å². The first-order valence-corrected chi connectivity index (χ1v) is 5.62. The SMILES string of the molecule is C=CCCC(=O)Nc1ccc(NC(=O)OC)c(F)c1. The Morgan fingerprint density at radius 1 is 1.42 bits per heavy atom. The van der Waals surface area contributed by atoms with Crippen molar-refractivity contribution in [1.29, 1.82) is 0 Å². The number of ether oxygens (including phenoxy) is 1. The van der Waals surface area contributed by atoms with Crippen LogP contribution in [0, 0.1) is 5.82 Å². The number of anilines is 2. The normalized spacial score (nSPS) is 9.58. The third-order valence-electron chi connectivity index (χ3n) is 2.25. The molecule has 1 aromatic carbocycles. The Morgan fingerprint density at radius 2 is 2.16 bits per heavy atom. The third kappa shape index (κ3) is 4.79. The highest BCUT2D eigenvalue weighted by molar-refractivity contribution is 5.91. The number of benzene rings is 1. The van der Waals surface area contributed by atoms with E-state index in [4.69, 9.17) is 0 Å². The van der Waals surface area contributed by atoms with Gasteiger partial charge >= 0.3 is 6.09 Å². The summed E-state index contributed by atoms with van der Waals surface area (Å²) >= 11 is 0. The summed E-state index contributed by atoms with van der Waals surface area (Å²) in [6, 6.07) is 3.95. The van der Waals surface area contributed by atoms with Gasteiger partial charge in [0.15, 0.2) is 0 Å². The third-order valence-corrected chi connectivity index (χ3v) is 2.25. The molecule has 0 unspecified atom stereocenters. The highest BCUT2D eigenvalue weighted by Crippen LogP contribution is 2.19. The van der Waals surface area contributed by atoms with Gasteiger partial charge in [0.1, 0.15) is 5.82 Å². The quantitative estimate of drug-likeness (QED) is 0.805. The van der Waals surface area contributed by atoms with Crippen molar-refractivity contribution in [2.75, 3.05) is 17.7 Å². The van der Waals surface area contributed by atoms with Crippen LogP contribution in [0.15, 0.2) is 30.9 Å². The number of carbonyl (C=O) groups excluding carboxylic acids is 2. The number of hydrogen-bond acceptors (Lipinski definition) is 3. The molecule has 102 valence electrons. The van der Waals surface area contributed by atoms with Crippen molar-refractivity contribution in [1.82, 2.24) is 0 Å². The van der Waals surface area contributed by atoms with Crippen molar-refractivity contribution in [2.45, 2.75) is 12.8 Å². The molecule has 0 fully saturated rings. The molecule has 0 radical (unpaired) electrons. The van der Waals surface area contributed by atoms with E-state index < -0.39 is 11.9 Å². The van der Waals surface area contributed by atoms with Crippen molar-refractivity contribution in [3.63, 3.8) is 0 Å². The lowest BCUT2D eigenvalue weighted by molar-refractivity contribution is -0.116. The smallest absolute Gasteiger partial charge is 0.411 e. The number of amides is 2. The Bertz CT molecular complexity index is 489. The van der Waals surface area contributed by atoms with Crippen LogP contribution in [0.4, 0.5) is 20.6 Å². The molecule has 1 rings (SSSR count). The Hall–Kier alpha value is -2.37. The Labute approximate surface area is 110 Å². The second kappa shape index (κ2) is 7.15. The van der Waals surface area contributed by atoms with Gasteiger partial charge in [-0.05, 0) is 24.6 Å². The molecule has 2 amide bonds. The minimum atomic E-state index is -0.762. The van der Waals surface area contributed by atoms with E-state index in [1.54, 1.807) is 6.08 Å². The van der Waals surface area contributed by atoms with Crippen LogP contribution in [-0.2, 0) is 9.53 Å². The van der Waals surface area contributed by atoms with E-state index in [2.05, 4.69) is 21.9 Å². The topological polar surface area (TPSA) is 67.4 Å². The van der Waals surface area contributed by atoms with Crippen LogP contribution in [0.25, 0.3) is 0 Å². The van der Waals surface area contributed by atoms with Gasteiger partial charge in [0, 0.05) is 12.1 Å². The van der Waals surface area contributed by atoms with Gasteiger partial charge in [-0.1, -0.05) is 6.08 Å². The second-order valence-electron chi connectivity index (χ2n) is 3.69. The number of allylic oxidation sites excluding steroid dienone is 1. The Morgan fingerprint density at radius 3 is 2.74 bits per heavy atom. The molecule has 1 aromatic rings. The van der Waals surface area contributed by atoms with E-state index in [0.29, 0.717) is 12.1 Å². The molecule has 0 aromatic heterocycles. The molecular weight excluding hydrogens is 251 g/mol. The highest BCUT2D eigenvalue weighted by Gasteiger charge is 2.08. The molecule has 0 atom stereocenters. The van der Waals surface area contributed by atoms with E-state index in [1.807, 2.05) is 0 Å². The van der Waals surface area contributed by atoms with Crippen LogP contribution >= 0.6 is 0 Å². The van der Waals surface area contributed by atoms with Gasteiger partial charge in [0.25, 0.3) is 0 Å². The number of hydrogen-bond donors (Lipinski definition) is 2. The monoisotopic (exact) mass is 266 g/mol. The molecule has 6 heteroatoms. The van der Waals surface area contributed by atoms with Crippen LogP contribution in [0.3, 0.4) is 0 Å². The van der Waals surface area contributed by atoms with E-state index in [9.17, 15) is 14.0 Å². The van der Waals surface area contributed by atoms with Crippen LogP contribution in [-0.4, -0.2) is 19.1 Å². The molecule has 0 spiro atoms. The van der Waals surface area contributed by atoms with E-state index in [1.165, 1.54) is 19.2 Å². The predicted octanol–water partition coefficient (Wildman–Crippen LogP) is 2.91. The van der Waals surface area contributed by atoms with Gasteiger partial charge in [0.05, 0.1) is 12.8 Å². The zero-order valence-electron chi connectivity index (χ0n) is 10.5. The molecule has 5 nitrogen and oxygen atoms in total. The lowest BCUT2D eigenvalue weighted by Crippen LogP contribution is -2.13. The zero-order chi connectivity index (χ0) is 14.3. The number of methoxy groups -OCH3 is 1. The summed E-state index contributed by atoms with van der Waals surface area (Å²) in [5.41, 5.74) is 0.304. The average Bonchev–Trinajstić information content (AvgIpc) is 2.39. The summed E-state index contributed by atoms with van der Waals surface area (Å²) in [6.07, 6.45) is 1.70. The summed E-state index contributed by atoms with van der Waals surface area (Å²) < 4.78 is 18.0. The molecule has 0 saturated carbocycles. The lowest BCUT2D eigenvalue weighted by atomic mass is 10.2. The minimum absolute atomic E-state index is 0.0176. The number of rotatable bonds is 5. The first-order chi connectivity index (χ1) is 9.06. The van der Waals surface area contributed by atoms with Gasteiger partial charge < -0.3 is 10.1 Å².